The van der Waals surface area contributed by atoms with E-state index in [1.54, 1.807) is 19.2 Å². The highest BCUT2D eigenvalue weighted by Gasteiger charge is 2.27. The number of rotatable bonds is 6. The lowest BCUT2D eigenvalue weighted by atomic mass is 9.90. The van der Waals surface area contributed by atoms with Crippen molar-refractivity contribution in [2.45, 2.75) is 51.6 Å². The molecule has 4 aromatic rings. The third kappa shape index (κ3) is 6.38. The minimum atomic E-state index is -0.102. The number of pyridine rings is 1. The van der Waals surface area contributed by atoms with Gasteiger partial charge in [0.2, 0.25) is 11.9 Å². The summed E-state index contributed by atoms with van der Waals surface area (Å²) in [6.45, 7) is 7.82. The van der Waals surface area contributed by atoms with E-state index < -0.39 is 0 Å². The van der Waals surface area contributed by atoms with Crippen LogP contribution in [0.25, 0.3) is 22.2 Å². The van der Waals surface area contributed by atoms with Crippen LogP contribution in [0.4, 0.5) is 17.3 Å². The molecular weight excluding hydrogens is 562 g/mol. The monoisotopic (exact) mass is 599 g/mol. The third-order valence-electron chi connectivity index (χ3n) is 8.67. The van der Waals surface area contributed by atoms with Crippen LogP contribution < -0.4 is 21.1 Å². The fourth-order valence-corrected chi connectivity index (χ4v) is 6.60. The summed E-state index contributed by atoms with van der Waals surface area (Å²) in [6.07, 6.45) is 4.91. The van der Waals surface area contributed by atoms with Crippen LogP contribution in [-0.2, 0) is 4.79 Å². The second-order valence-electron chi connectivity index (χ2n) is 11.8. The van der Waals surface area contributed by atoms with Crippen molar-refractivity contribution in [3.05, 3.63) is 75.7 Å². The quantitative estimate of drug-likeness (QED) is 0.301. The van der Waals surface area contributed by atoms with Crippen molar-refractivity contribution in [2.24, 2.45) is 0 Å². The fraction of sp³-hybridized carbons (Fsp3) is 0.394. The number of aromatic nitrogens is 3. The number of carbonyl (C=O) groups excluding carboxylic acids is 1. The molecule has 10 heteroatoms. The first-order chi connectivity index (χ1) is 20.7. The van der Waals surface area contributed by atoms with Gasteiger partial charge in [0.05, 0.1) is 0 Å². The second-order valence-corrected chi connectivity index (χ2v) is 12.3. The normalized spacial score (nSPS) is 19.4. The smallest absolute Gasteiger partial charge is 0.260 e. The van der Waals surface area contributed by atoms with Crippen molar-refractivity contribution < 1.29 is 4.79 Å². The molecule has 2 fully saturated rings. The Morgan fingerprint density at radius 3 is 2.47 bits per heavy atom. The van der Waals surface area contributed by atoms with E-state index in [2.05, 4.69) is 57.6 Å². The maximum Gasteiger partial charge on any atom is 0.260 e. The first-order valence-corrected chi connectivity index (χ1v) is 15.4. The number of nitrogens with zero attached hydrogens (tertiary/aromatic N) is 5. The van der Waals surface area contributed by atoms with Gasteiger partial charge in [0.15, 0.2) is 0 Å². The second kappa shape index (κ2) is 12.3. The summed E-state index contributed by atoms with van der Waals surface area (Å²) < 4.78 is 1.84. The summed E-state index contributed by atoms with van der Waals surface area (Å²) in [6, 6.07) is 15.6. The number of hydrogen-bond acceptors (Lipinski definition) is 7. The molecule has 0 atom stereocenters. The van der Waals surface area contributed by atoms with Crippen molar-refractivity contribution in [2.75, 3.05) is 43.4 Å². The largest absolute Gasteiger partial charge is 0.369 e. The van der Waals surface area contributed by atoms with Crippen LogP contribution in [0.1, 0.15) is 44.2 Å². The lowest BCUT2D eigenvalue weighted by Crippen LogP contribution is -2.44. The van der Waals surface area contributed by atoms with Crippen LogP contribution >= 0.6 is 11.6 Å². The summed E-state index contributed by atoms with van der Waals surface area (Å²) >= 11 is 6.30. The molecule has 3 heterocycles. The molecule has 1 saturated carbocycles. The van der Waals surface area contributed by atoms with E-state index in [1.807, 2.05) is 28.8 Å². The molecule has 1 amide bonds. The number of likely N-dealkylation sites (N-methyl/N-ethyl adjacent to an activating group) is 1. The van der Waals surface area contributed by atoms with Crippen LogP contribution in [0, 0.1) is 6.92 Å². The molecule has 0 radical (unpaired) electrons. The highest BCUT2D eigenvalue weighted by Crippen LogP contribution is 2.32. The number of benzene rings is 2. The molecule has 43 heavy (non-hydrogen) atoms. The van der Waals surface area contributed by atoms with Gasteiger partial charge in [-0.05, 0) is 87.2 Å². The summed E-state index contributed by atoms with van der Waals surface area (Å²) in [4.78, 5) is 40.1. The molecule has 0 unspecified atom stereocenters. The van der Waals surface area contributed by atoms with E-state index >= 15 is 0 Å². The number of nitrogens with one attached hydrogen (secondary N) is 2. The maximum absolute atomic E-state index is 14.1. The highest BCUT2D eigenvalue weighted by atomic mass is 35.5. The molecule has 224 valence electrons. The molecule has 9 nitrogen and oxygen atoms in total. The van der Waals surface area contributed by atoms with Crippen LogP contribution in [0.3, 0.4) is 0 Å². The third-order valence-corrected chi connectivity index (χ3v) is 8.91. The number of amides is 1. The number of aryl methyl sites for hydroxylation is 1. The number of fused-ring (bicyclic) bond motifs is 1. The molecule has 1 aliphatic heterocycles. The Bertz CT molecular complexity index is 1710. The highest BCUT2D eigenvalue weighted by molar-refractivity contribution is 6.30. The Hall–Kier alpha value is -3.95. The molecule has 1 aliphatic carbocycles. The van der Waals surface area contributed by atoms with Crippen molar-refractivity contribution in [3.8, 4) is 11.1 Å². The van der Waals surface area contributed by atoms with E-state index in [9.17, 15) is 9.59 Å². The average molecular weight is 600 g/mol. The van der Waals surface area contributed by atoms with Crippen LogP contribution in [0.5, 0.6) is 0 Å². The van der Waals surface area contributed by atoms with Crippen molar-refractivity contribution >= 4 is 45.9 Å². The Balaban J connectivity index is 1.34. The summed E-state index contributed by atoms with van der Waals surface area (Å²) in [5.74, 6) is 0.416. The van der Waals surface area contributed by atoms with Gasteiger partial charge in [-0.25, -0.2) is 4.98 Å². The van der Waals surface area contributed by atoms with Gasteiger partial charge in [0.1, 0.15) is 5.65 Å². The van der Waals surface area contributed by atoms with Crippen LogP contribution in [0.15, 0.2) is 59.5 Å². The lowest BCUT2D eigenvalue weighted by molar-refractivity contribution is -0.119. The molecule has 2 aromatic carbocycles. The average Bonchev–Trinajstić information content (AvgIpc) is 2.98. The number of piperazine rings is 1. The van der Waals surface area contributed by atoms with E-state index in [0.717, 1.165) is 68.5 Å². The fourth-order valence-electron chi connectivity index (χ4n) is 6.41. The zero-order chi connectivity index (χ0) is 30.1. The number of carbonyl (C=O) groups is 1. The molecule has 2 aliphatic rings. The Morgan fingerprint density at radius 2 is 1.77 bits per heavy atom. The van der Waals surface area contributed by atoms with E-state index in [0.29, 0.717) is 22.2 Å². The van der Waals surface area contributed by atoms with Gasteiger partial charge in [-0.15, -0.1) is 0 Å². The molecule has 1 saturated heterocycles. The Kier molecular flexibility index (Phi) is 8.36. The number of anilines is 3. The minimum absolute atomic E-state index is 0.0238. The zero-order valence-corrected chi connectivity index (χ0v) is 25.7. The van der Waals surface area contributed by atoms with Gasteiger partial charge >= 0.3 is 0 Å². The van der Waals surface area contributed by atoms with Crippen LogP contribution in [-0.4, -0.2) is 64.6 Å². The van der Waals surface area contributed by atoms with Gasteiger partial charge in [0, 0.05) is 78.7 Å². The molecular formula is C33H38ClN7O2. The minimum Gasteiger partial charge on any atom is -0.369 e. The predicted octanol–water partition coefficient (Wildman–Crippen LogP) is 5.54. The van der Waals surface area contributed by atoms with Crippen molar-refractivity contribution in [3.63, 3.8) is 0 Å². The summed E-state index contributed by atoms with van der Waals surface area (Å²) in [5.41, 5.74) is 5.16. The SMILES string of the molecule is CC(=O)NC1CCC(n2c(=O)c(-c3cccc(Cl)c3)cc3cnc(Nc4ccc(N5CCN(C)CC5)c(C)c4)nc32)CC1. The Morgan fingerprint density at radius 1 is 1.00 bits per heavy atom. The van der Waals surface area contributed by atoms with Gasteiger partial charge in [-0.2, -0.15) is 4.98 Å². The van der Waals surface area contributed by atoms with Crippen molar-refractivity contribution in [1.29, 1.82) is 0 Å². The summed E-state index contributed by atoms with van der Waals surface area (Å²) in [5, 5.41) is 7.77. The van der Waals surface area contributed by atoms with Gasteiger partial charge < -0.3 is 20.4 Å². The van der Waals surface area contributed by atoms with Gasteiger partial charge in [-0.1, -0.05) is 23.7 Å². The number of hydrogen-bond donors (Lipinski definition) is 2. The topological polar surface area (TPSA) is 95.4 Å². The first-order valence-electron chi connectivity index (χ1n) is 15.0. The first kappa shape index (κ1) is 29.1. The molecule has 6 rings (SSSR count). The summed E-state index contributed by atoms with van der Waals surface area (Å²) in [7, 11) is 2.16. The zero-order valence-electron chi connectivity index (χ0n) is 24.9. The number of halogens is 1. The van der Waals surface area contributed by atoms with Gasteiger partial charge in [0.25, 0.3) is 5.56 Å². The molecule has 0 spiro atoms. The van der Waals surface area contributed by atoms with E-state index in [-0.39, 0.29) is 23.6 Å². The van der Waals surface area contributed by atoms with Crippen LogP contribution in [0.2, 0.25) is 5.02 Å². The van der Waals surface area contributed by atoms with Crippen molar-refractivity contribution in [1.82, 2.24) is 24.8 Å². The van der Waals surface area contributed by atoms with E-state index in [1.165, 1.54) is 11.3 Å². The molecule has 0 bridgehead atoms. The Labute approximate surface area is 256 Å². The lowest BCUT2D eigenvalue weighted by Gasteiger charge is -2.35. The predicted molar refractivity (Wildman–Crippen MR) is 174 cm³/mol. The molecule has 2 aromatic heterocycles. The van der Waals surface area contributed by atoms with Gasteiger partial charge in [-0.3, -0.25) is 14.2 Å². The van der Waals surface area contributed by atoms with E-state index in [4.69, 9.17) is 16.6 Å². The molecule has 2 N–H and O–H groups in total. The maximum atomic E-state index is 14.1. The standard InChI is InChI=1S/C33H38ClN7O2/c1-21-17-27(9-12-30(21)40-15-13-39(3)14-16-40)37-33-35-20-24-19-29(23-5-4-6-25(34)18-23)32(43)41(31(24)38-33)28-10-7-26(8-11-28)36-22(2)42/h4-6,9,12,17-20,26,28H,7-8,10-11,13-16H2,1-3H3,(H,36,42)(H,35,37,38).